The Morgan fingerprint density at radius 1 is 1.24 bits per heavy atom. The van der Waals surface area contributed by atoms with Crippen molar-refractivity contribution in [2.75, 3.05) is 19.6 Å². The number of amides is 1. The lowest BCUT2D eigenvalue weighted by molar-refractivity contribution is 0.0689. The van der Waals surface area contributed by atoms with Gasteiger partial charge in [-0.15, -0.1) is 0 Å². The number of ether oxygens (including phenoxy) is 1. The second-order valence-electron chi connectivity index (χ2n) is 6.18. The Bertz CT molecular complexity index is 715. The van der Waals surface area contributed by atoms with E-state index in [0.29, 0.717) is 12.3 Å². The summed E-state index contributed by atoms with van der Waals surface area (Å²) in [6.45, 7) is 4.35. The zero-order valence-corrected chi connectivity index (χ0v) is 14.4. The number of hydrogen-bond acceptors (Lipinski definition) is 3. The second kappa shape index (κ2) is 8.12. The summed E-state index contributed by atoms with van der Waals surface area (Å²) in [6.07, 6.45) is 1.77. The molecule has 4 nitrogen and oxygen atoms in total. The maximum absolute atomic E-state index is 14.4. The van der Waals surface area contributed by atoms with Crippen molar-refractivity contribution in [1.29, 1.82) is 0 Å². The van der Waals surface area contributed by atoms with Crippen LogP contribution in [0.1, 0.15) is 30.1 Å². The molecule has 5 heteroatoms. The van der Waals surface area contributed by atoms with E-state index in [1.807, 2.05) is 30.0 Å². The van der Waals surface area contributed by atoms with Crippen LogP contribution in [-0.2, 0) is 0 Å². The van der Waals surface area contributed by atoms with Crippen molar-refractivity contribution in [3.8, 4) is 11.5 Å². The number of hydrogen-bond donors (Lipinski definition) is 1. The number of carbonyl (C=O) groups is 1. The molecule has 0 aromatic heterocycles. The van der Waals surface area contributed by atoms with Gasteiger partial charge in [0.15, 0.2) is 11.6 Å². The van der Waals surface area contributed by atoms with Crippen LogP contribution < -0.4 is 10.1 Å². The molecule has 1 aliphatic heterocycles. The topological polar surface area (TPSA) is 41.6 Å². The Balaban J connectivity index is 1.92. The van der Waals surface area contributed by atoms with Crippen molar-refractivity contribution in [3.63, 3.8) is 0 Å². The average molecular weight is 342 g/mol. The van der Waals surface area contributed by atoms with Gasteiger partial charge in [-0.05, 0) is 43.7 Å². The van der Waals surface area contributed by atoms with Crippen molar-refractivity contribution >= 4 is 5.91 Å². The van der Waals surface area contributed by atoms with E-state index < -0.39 is 5.82 Å². The lowest BCUT2D eigenvalue weighted by atomic mass is 10.1. The van der Waals surface area contributed by atoms with Crippen LogP contribution in [0.3, 0.4) is 0 Å². The molecule has 0 saturated carbocycles. The van der Waals surface area contributed by atoms with Gasteiger partial charge in [0.1, 0.15) is 5.75 Å². The summed E-state index contributed by atoms with van der Waals surface area (Å²) >= 11 is 0. The first-order valence-electron chi connectivity index (χ1n) is 8.73. The van der Waals surface area contributed by atoms with Gasteiger partial charge in [0, 0.05) is 19.1 Å². The molecule has 3 rings (SSSR count). The average Bonchev–Trinajstić information content (AvgIpc) is 3.16. The predicted octanol–water partition coefficient (Wildman–Crippen LogP) is 3.83. The van der Waals surface area contributed by atoms with Crippen LogP contribution in [0.4, 0.5) is 4.39 Å². The Labute approximate surface area is 147 Å². The van der Waals surface area contributed by atoms with Gasteiger partial charge in [-0.3, -0.25) is 4.79 Å². The molecule has 0 spiro atoms. The van der Waals surface area contributed by atoms with E-state index in [4.69, 9.17) is 4.74 Å². The number of para-hydroxylation sites is 2. The number of halogens is 1. The Morgan fingerprint density at radius 3 is 2.72 bits per heavy atom. The quantitative estimate of drug-likeness (QED) is 0.867. The maximum Gasteiger partial charge on any atom is 0.258 e. The lowest BCUT2D eigenvalue weighted by Gasteiger charge is -2.29. The van der Waals surface area contributed by atoms with E-state index >= 15 is 0 Å². The molecular weight excluding hydrogens is 319 g/mol. The van der Waals surface area contributed by atoms with Crippen molar-refractivity contribution in [1.82, 2.24) is 10.2 Å². The highest BCUT2D eigenvalue weighted by Crippen LogP contribution is 2.30. The summed E-state index contributed by atoms with van der Waals surface area (Å²) in [7, 11) is 0. The van der Waals surface area contributed by atoms with Gasteiger partial charge in [-0.25, -0.2) is 4.39 Å². The molecule has 1 fully saturated rings. The third-order valence-electron chi connectivity index (χ3n) is 4.36. The van der Waals surface area contributed by atoms with Crippen LogP contribution in [0, 0.1) is 5.82 Å². The van der Waals surface area contributed by atoms with Gasteiger partial charge < -0.3 is 15.0 Å². The van der Waals surface area contributed by atoms with Crippen molar-refractivity contribution in [3.05, 3.63) is 59.9 Å². The molecule has 0 bridgehead atoms. The van der Waals surface area contributed by atoms with Crippen LogP contribution in [0.25, 0.3) is 0 Å². The highest BCUT2D eigenvalue weighted by atomic mass is 19.1. The molecule has 0 radical (unpaired) electrons. The summed E-state index contributed by atoms with van der Waals surface area (Å²) < 4.78 is 20.1. The van der Waals surface area contributed by atoms with E-state index in [1.165, 1.54) is 6.07 Å². The Kier molecular flexibility index (Phi) is 5.66. The van der Waals surface area contributed by atoms with E-state index in [0.717, 1.165) is 25.9 Å². The minimum Gasteiger partial charge on any atom is -0.453 e. The minimum absolute atomic E-state index is 0.00856. The third-order valence-corrected chi connectivity index (χ3v) is 4.36. The fourth-order valence-corrected chi connectivity index (χ4v) is 3.14. The molecule has 1 saturated heterocycles. The van der Waals surface area contributed by atoms with E-state index in [1.54, 1.807) is 24.3 Å². The van der Waals surface area contributed by atoms with Gasteiger partial charge in [0.25, 0.3) is 5.91 Å². The first-order chi connectivity index (χ1) is 12.2. The zero-order valence-electron chi connectivity index (χ0n) is 14.4. The van der Waals surface area contributed by atoms with Gasteiger partial charge in [-0.2, -0.15) is 0 Å². The molecule has 1 atom stereocenters. The molecule has 1 aliphatic rings. The van der Waals surface area contributed by atoms with Gasteiger partial charge >= 0.3 is 0 Å². The number of benzene rings is 2. The van der Waals surface area contributed by atoms with E-state index in [2.05, 4.69) is 5.32 Å². The number of nitrogens with one attached hydrogen (secondary N) is 1. The van der Waals surface area contributed by atoms with Crippen LogP contribution in [-0.4, -0.2) is 36.5 Å². The lowest BCUT2D eigenvalue weighted by Crippen LogP contribution is -2.42. The van der Waals surface area contributed by atoms with Crippen LogP contribution in [0.5, 0.6) is 11.5 Å². The molecule has 0 unspecified atom stereocenters. The van der Waals surface area contributed by atoms with Gasteiger partial charge in [0.2, 0.25) is 0 Å². The molecule has 2 aromatic rings. The van der Waals surface area contributed by atoms with Gasteiger partial charge in [-0.1, -0.05) is 31.2 Å². The van der Waals surface area contributed by atoms with Crippen molar-refractivity contribution < 1.29 is 13.9 Å². The smallest absolute Gasteiger partial charge is 0.258 e. The molecular formula is C20H23FN2O2. The van der Waals surface area contributed by atoms with Gasteiger partial charge in [0.05, 0.1) is 5.56 Å². The summed E-state index contributed by atoms with van der Waals surface area (Å²) in [5, 5.41) is 3.28. The minimum atomic E-state index is -0.532. The van der Waals surface area contributed by atoms with E-state index in [9.17, 15) is 9.18 Å². The third kappa shape index (κ3) is 3.99. The Hall–Kier alpha value is -2.40. The highest BCUT2D eigenvalue weighted by Gasteiger charge is 2.29. The molecule has 25 heavy (non-hydrogen) atoms. The molecule has 1 heterocycles. The fourth-order valence-electron chi connectivity index (χ4n) is 3.14. The highest BCUT2D eigenvalue weighted by molar-refractivity contribution is 5.97. The zero-order chi connectivity index (χ0) is 17.6. The number of carbonyl (C=O) groups excluding carboxylic acids is 1. The number of nitrogens with zero attached hydrogens (tertiary/aromatic N) is 1. The largest absolute Gasteiger partial charge is 0.453 e. The summed E-state index contributed by atoms with van der Waals surface area (Å²) in [5.74, 6) is -0.214. The maximum atomic E-state index is 14.4. The molecule has 1 N–H and O–H groups in total. The SMILES string of the molecule is CCCN(C(=O)c1cccc(F)c1Oc1ccccc1)[C@H]1CCNC1. The summed E-state index contributed by atoms with van der Waals surface area (Å²) in [5.41, 5.74) is 0.268. The monoisotopic (exact) mass is 342 g/mol. The van der Waals surface area contributed by atoms with Crippen LogP contribution >= 0.6 is 0 Å². The first-order valence-corrected chi connectivity index (χ1v) is 8.73. The first kappa shape index (κ1) is 17.4. The molecule has 2 aromatic carbocycles. The Morgan fingerprint density at radius 2 is 2.04 bits per heavy atom. The van der Waals surface area contributed by atoms with Crippen LogP contribution in [0.15, 0.2) is 48.5 Å². The second-order valence-corrected chi connectivity index (χ2v) is 6.18. The fraction of sp³-hybridized carbons (Fsp3) is 0.350. The molecule has 132 valence electrons. The van der Waals surface area contributed by atoms with Crippen molar-refractivity contribution in [2.24, 2.45) is 0 Å². The summed E-state index contributed by atoms with van der Waals surface area (Å²) in [6, 6.07) is 13.6. The standard InChI is InChI=1S/C20H23FN2O2/c1-2-13-23(15-11-12-22-14-15)20(24)17-9-6-10-18(21)19(17)25-16-7-4-3-5-8-16/h3-10,15,22H,2,11-14H2,1H3/t15-/m0/s1. The molecule has 1 amide bonds. The molecule has 0 aliphatic carbocycles. The normalized spacial score (nSPS) is 16.6. The summed E-state index contributed by atoms with van der Waals surface area (Å²) in [4.78, 5) is 15.0. The van der Waals surface area contributed by atoms with Crippen LogP contribution in [0.2, 0.25) is 0 Å². The van der Waals surface area contributed by atoms with E-state index in [-0.39, 0.29) is 23.3 Å². The van der Waals surface area contributed by atoms with Crippen molar-refractivity contribution in [2.45, 2.75) is 25.8 Å². The predicted molar refractivity (Wildman–Crippen MR) is 95.5 cm³/mol. The number of rotatable bonds is 6.